The second kappa shape index (κ2) is 6.73. The minimum absolute atomic E-state index is 0.202. The molecule has 0 saturated heterocycles. The minimum atomic E-state index is -1.01. The Morgan fingerprint density at radius 3 is 2.48 bits per heavy atom. The number of aromatic nitrogens is 2. The first-order valence-corrected chi connectivity index (χ1v) is 7.96. The molecule has 9 heteroatoms. The molecule has 0 aliphatic rings. The fourth-order valence-corrected chi connectivity index (χ4v) is 3.25. The lowest BCUT2D eigenvalue weighted by molar-refractivity contribution is 0.0688. The maximum Gasteiger partial charge on any atom is 0.346 e. The average Bonchev–Trinajstić information content (AvgIpc) is 2.94. The van der Waals surface area contributed by atoms with Gasteiger partial charge in [0, 0.05) is 5.56 Å². The third-order valence-corrected chi connectivity index (χ3v) is 4.76. The molecular formula is C16H12N4O4S. The fourth-order valence-electron chi connectivity index (χ4n) is 2.22. The minimum Gasteiger partial charge on any atom is -0.478 e. The van der Waals surface area contributed by atoms with E-state index in [1.807, 2.05) is 0 Å². The SMILES string of the molecule is Cc1c(C(=O)O)sc2c(N=NCc3ccc(C(=O)O)cc3)ncnc12. The maximum atomic E-state index is 11.2. The number of nitrogens with zero attached hydrogens (tertiary/aromatic N) is 4. The Hall–Kier alpha value is -3.20. The number of carbonyl (C=O) groups is 2. The summed E-state index contributed by atoms with van der Waals surface area (Å²) in [5.74, 6) is -1.69. The Bertz CT molecular complexity index is 995. The van der Waals surface area contributed by atoms with Gasteiger partial charge in [0.1, 0.15) is 15.9 Å². The van der Waals surface area contributed by atoms with Crippen LogP contribution in [-0.4, -0.2) is 32.1 Å². The number of thiophene rings is 1. The summed E-state index contributed by atoms with van der Waals surface area (Å²) < 4.78 is 0.572. The summed E-state index contributed by atoms with van der Waals surface area (Å²) in [5, 5.41) is 26.2. The third kappa shape index (κ3) is 3.36. The molecule has 3 rings (SSSR count). The summed E-state index contributed by atoms with van der Waals surface area (Å²) in [6, 6.07) is 6.32. The van der Waals surface area contributed by atoms with Crippen LogP contribution in [0.3, 0.4) is 0 Å². The average molecular weight is 356 g/mol. The third-order valence-electron chi connectivity index (χ3n) is 3.50. The van der Waals surface area contributed by atoms with Crippen LogP contribution in [0.25, 0.3) is 10.2 Å². The fraction of sp³-hybridized carbons (Fsp3) is 0.125. The Morgan fingerprint density at radius 1 is 1.12 bits per heavy atom. The van der Waals surface area contributed by atoms with E-state index in [0.29, 0.717) is 21.6 Å². The van der Waals surface area contributed by atoms with Crippen LogP contribution >= 0.6 is 11.3 Å². The number of azo groups is 1. The van der Waals surface area contributed by atoms with Crippen molar-refractivity contribution >= 4 is 39.3 Å². The van der Waals surface area contributed by atoms with Gasteiger partial charge in [0.15, 0.2) is 5.82 Å². The summed E-state index contributed by atoms with van der Waals surface area (Å²) in [6.45, 7) is 1.95. The van der Waals surface area contributed by atoms with Crippen molar-refractivity contribution in [1.29, 1.82) is 0 Å². The Kier molecular flexibility index (Phi) is 4.48. The van der Waals surface area contributed by atoms with E-state index in [4.69, 9.17) is 5.11 Å². The Morgan fingerprint density at radius 2 is 1.84 bits per heavy atom. The van der Waals surface area contributed by atoms with Crippen molar-refractivity contribution < 1.29 is 19.8 Å². The Balaban J connectivity index is 1.85. The molecule has 8 nitrogen and oxygen atoms in total. The van der Waals surface area contributed by atoms with Crippen LogP contribution in [-0.2, 0) is 6.54 Å². The van der Waals surface area contributed by atoms with Crippen molar-refractivity contribution in [2.45, 2.75) is 13.5 Å². The molecule has 0 aliphatic heterocycles. The number of carboxylic acid groups (broad SMARTS) is 2. The molecule has 2 N–H and O–H groups in total. The number of hydrogen-bond donors (Lipinski definition) is 2. The number of hydrogen-bond acceptors (Lipinski definition) is 7. The second-order valence-corrected chi connectivity index (χ2v) is 6.16. The second-order valence-electron chi connectivity index (χ2n) is 5.14. The van der Waals surface area contributed by atoms with Gasteiger partial charge in [-0.3, -0.25) is 0 Å². The highest BCUT2D eigenvalue weighted by molar-refractivity contribution is 7.21. The quantitative estimate of drug-likeness (QED) is 0.672. The first-order valence-electron chi connectivity index (χ1n) is 7.14. The van der Waals surface area contributed by atoms with Crippen LogP contribution in [0.1, 0.15) is 31.2 Å². The van der Waals surface area contributed by atoms with Crippen LogP contribution in [0, 0.1) is 6.92 Å². The van der Waals surface area contributed by atoms with Gasteiger partial charge in [0.05, 0.1) is 17.6 Å². The molecule has 0 bridgehead atoms. The molecule has 25 heavy (non-hydrogen) atoms. The van der Waals surface area contributed by atoms with Gasteiger partial charge in [0.25, 0.3) is 0 Å². The molecule has 126 valence electrons. The van der Waals surface area contributed by atoms with Crippen molar-refractivity contribution in [3.8, 4) is 0 Å². The number of fused-ring (bicyclic) bond motifs is 1. The van der Waals surface area contributed by atoms with Gasteiger partial charge in [-0.15, -0.1) is 16.5 Å². The molecule has 0 radical (unpaired) electrons. The molecule has 3 aromatic rings. The van der Waals surface area contributed by atoms with Crippen LogP contribution in [0.4, 0.5) is 5.82 Å². The van der Waals surface area contributed by atoms with E-state index >= 15 is 0 Å². The van der Waals surface area contributed by atoms with Gasteiger partial charge in [-0.2, -0.15) is 5.11 Å². The molecule has 0 spiro atoms. The highest BCUT2D eigenvalue weighted by Gasteiger charge is 2.18. The van der Waals surface area contributed by atoms with E-state index in [-0.39, 0.29) is 17.0 Å². The summed E-state index contributed by atoms with van der Waals surface area (Å²) in [4.78, 5) is 30.4. The molecule has 0 amide bonds. The monoisotopic (exact) mass is 356 g/mol. The number of rotatable bonds is 5. The van der Waals surface area contributed by atoms with Crippen molar-refractivity contribution in [2.24, 2.45) is 10.2 Å². The zero-order valence-electron chi connectivity index (χ0n) is 13.0. The molecule has 0 aliphatic carbocycles. The number of carboxylic acids is 2. The lowest BCUT2D eigenvalue weighted by atomic mass is 10.1. The first kappa shape index (κ1) is 16.7. The zero-order chi connectivity index (χ0) is 18.0. The van der Waals surface area contributed by atoms with Crippen LogP contribution in [0.15, 0.2) is 40.8 Å². The standard InChI is InChI=1S/C16H12N4O4S/c1-8-11-13(25-12(8)16(23)24)14(18-7-17-11)20-19-6-9-2-4-10(5-3-9)15(21)22/h2-5,7H,6H2,1H3,(H,21,22)(H,23,24). The van der Waals surface area contributed by atoms with Gasteiger partial charge < -0.3 is 10.2 Å². The van der Waals surface area contributed by atoms with E-state index in [0.717, 1.165) is 16.9 Å². The van der Waals surface area contributed by atoms with E-state index in [1.165, 1.54) is 18.5 Å². The van der Waals surface area contributed by atoms with Crippen molar-refractivity contribution in [3.05, 3.63) is 52.2 Å². The number of aromatic carboxylic acids is 2. The molecule has 0 fully saturated rings. The van der Waals surface area contributed by atoms with Crippen molar-refractivity contribution in [3.63, 3.8) is 0 Å². The lowest BCUT2D eigenvalue weighted by Gasteiger charge is -1.98. The van der Waals surface area contributed by atoms with E-state index in [1.54, 1.807) is 19.1 Å². The van der Waals surface area contributed by atoms with Crippen LogP contribution in [0.5, 0.6) is 0 Å². The summed E-state index contributed by atoms with van der Waals surface area (Å²) in [5.41, 5.74) is 2.13. The first-order chi connectivity index (χ1) is 12.0. The Labute approximate surface area is 145 Å². The van der Waals surface area contributed by atoms with Gasteiger partial charge in [-0.25, -0.2) is 19.6 Å². The smallest absolute Gasteiger partial charge is 0.346 e. The van der Waals surface area contributed by atoms with Crippen LogP contribution < -0.4 is 0 Å². The van der Waals surface area contributed by atoms with Gasteiger partial charge >= 0.3 is 11.9 Å². The van der Waals surface area contributed by atoms with Crippen molar-refractivity contribution in [1.82, 2.24) is 9.97 Å². The van der Waals surface area contributed by atoms with Crippen LogP contribution in [0.2, 0.25) is 0 Å². The molecule has 2 aromatic heterocycles. The van der Waals surface area contributed by atoms with E-state index in [9.17, 15) is 14.7 Å². The zero-order valence-corrected chi connectivity index (χ0v) is 13.8. The normalized spacial score (nSPS) is 11.2. The number of aryl methyl sites for hydroxylation is 1. The molecule has 0 saturated carbocycles. The number of benzene rings is 1. The van der Waals surface area contributed by atoms with Gasteiger partial charge in [-0.05, 0) is 24.6 Å². The van der Waals surface area contributed by atoms with Gasteiger partial charge in [-0.1, -0.05) is 12.1 Å². The predicted octanol–water partition coefficient (Wildman–Crippen LogP) is 3.68. The maximum absolute atomic E-state index is 11.2. The summed E-state index contributed by atoms with van der Waals surface area (Å²) in [7, 11) is 0. The predicted molar refractivity (Wildman–Crippen MR) is 90.7 cm³/mol. The molecular weight excluding hydrogens is 344 g/mol. The lowest BCUT2D eigenvalue weighted by Crippen LogP contribution is -1.95. The highest BCUT2D eigenvalue weighted by atomic mass is 32.1. The molecule has 2 heterocycles. The molecule has 1 aromatic carbocycles. The highest BCUT2D eigenvalue weighted by Crippen LogP contribution is 2.34. The van der Waals surface area contributed by atoms with Gasteiger partial charge in [0.2, 0.25) is 0 Å². The van der Waals surface area contributed by atoms with E-state index < -0.39 is 11.9 Å². The topological polar surface area (TPSA) is 125 Å². The van der Waals surface area contributed by atoms with E-state index in [2.05, 4.69) is 20.2 Å². The molecule has 0 unspecified atom stereocenters. The molecule has 0 atom stereocenters. The summed E-state index contributed by atoms with van der Waals surface area (Å²) >= 11 is 1.07. The summed E-state index contributed by atoms with van der Waals surface area (Å²) in [6.07, 6.45) is 1.32. The van der Waals surface area contributed by atoms with Crippen molar-refractivity contribution in [2.75, 3.05) is 0 Å². The largest absolute Gasteiger partial charge is 0.478 e.